The Morgan fingerprint density at radius 1 is 0.552 bits per heavy atom. The van der Waals surface area contributed by atoms with Crippen molar-refractivity contribution in [1.29, 1.82) is 0 Å². The molecule has 0 aliphatic rings. The van der Waals surface area contributed by atoms with Crippen molar-refractivity contribution >= 4 is 13.1 Å². The Labute approximate surface area is 182 Å². The second kappa shape index (κ2) is 15.2. The molecule has 0 bridgehead atoms. The van der Waals surface area contributed by atoms with Crippen LogP contribution in [-0.4, -0.2) is 59.1 Å². The average molecular weight is 422 g/mol. The molecule has 0 amide bonds. The van der Waals surface area contributed by atoms with E-state index in [2.05, 4.69) is 91.7 Å². The van der Waals surface area contributed by atoms with Crippen LogP contribution in [0.3, 0.4) is 0 Å². The van der Waals surface area contributed by atoms with Crippen molar-refractivity contribution < 1.29 is 0 Å². The lowest BCUT2D eigenvalue weighted by Gasteiger charge is -2.52. The highest BCUT2D eigenvalue weighted by Crippen LogP contribution is 2.58. The minimum absolute atomic E-state index is 1.18. The van der Waals surface area contributed by atoms with Crippen molar-refractivity contribution in [2.24, 2.45) is 0 Å². The molecule has 0 saturated carbocycles. The van der Waals surface area contributed by atoms with Gasteiger partial charge in [0.05, 0.1) is 7.34 Å². The SMILES string of the molecule is CCCN(CCC)P(=Cc1ccccc1)(N(CCC)CCC)N(CCC)CCC. The highest BCUT2D eigenvalue weighted by Gasteiger charge is 2.36. The van der Waals surface area contributed by atoms with Gasteiger partial charge in [0.25, 0.3) is 0 Å². The third-order valence-electron chi connectivity index (χ3n) is 5.26. The van der Waals surface area contributed by atoms with Gasteiger partial charge in [-0.2, -0.15) is 0 Å². The Kier molecular flexibility index (Phi) is 13.9. The maximum Gasteiger partial charge on any atom is 0.0821 e. The second-order valence-corrected chi connectivity index (χ2v) is 11.2. The molecule has 168 valence electrons. The molecule has 0 N–H and O–H groups in total. The summed E-state index contributed by atoms with van der Waals surface area (Å²) in [4.78, 5) is 0. The first-order valence-electron chi connectivity index (χ1n) is 12.2. The van der Waals surface area contributed by atoms with Gasteiger partial charge in [-0.05, 0) is 49.9 Å². The van der Waals surface area contributed by atoms with Crippen LogP contribution in [0.15, 0.2) is 30.3 Å². The van der Waals surface area contributed by atoms with E-state index in [9.17, 15) is 0 Å². The lowest BCUT2D eigenvalue weighted by Crippen LogP contribution is -2.44. The minimum atomic E-state index is -1.77. The Balaban J connectivity index is 3.82. The summed E-state index contributed by atoms with van der Waals surface area (Å²) in [7, 11) is -1.77. The zero-order valence-electron chi connectivity index (χ0n) is 20.2. The smallest absolute Gasteiger partial charge is 0.0821 e. The van der Waals surface area contributed by atoms with E-state index in [0.29, 0.717) is 0 Å². The van der Waals surface area contributed by atoms with Gasteiger partial charge in [-0.3, -0.25) is 14.0 Å². The molecule has 0 atom stereocenters. The zero-order valence-corrected chi connectivity index (χ0v) is 21.1. The molecule has 0 aliphatic heterocycles. The molecule has 0 saturated heterocycles. The van der Waals surface area contributed by atoms with E-state index in [-0.39, 0.29) is 0 Å². The molecule has 0 spiro atoms. The average Bonchev–Trinajstić information content (AvgIpc) is 2.72. The van der Waals surface area contributed by atoms with Gasteiger partial charge in [-0.1, -0.05) is 71.9 Å². The molecule has 1 aromatic rings. The standard InChI is InChI=1S/C25H48N3P/c1-7-18-26(19-8-2)29(27(20-9-3)21-10-4,28(22-11-5)23-12-6)24-25-16-14-13-15-17-25/h13-17,24H,7-12,18-23H2,1-6H3. The molecule has 29 heavy (non-hydrogen) atoms. The summed E-state index contributed by atoms with van der Waals surface area (Å²) in [5.41, 5.74) is 1.38. The number of hydrogen-bond acceptors (Lipinski definition) is 3. The van der Waals surface area contributed by atoms with Gasteiger partial charge < -0.3 is 0 Å². The number of nitrogens with zero attached hydrogens (tertiary/aromatic N) is 3. The highest BCUT2D eigenvalue weighted by atomic mass is 31.2. The molecular formula is C25H48N3P. The third-order valence-corrected chi connectivity index (χ3v) is 9.60. The molecule has 4 heteroatoms. The van der Waals surface area contributed by atoms with Gasteiger partial charge in [0.1, 0.15) is 0 Å². The second-order valence-electron chi connectivity index (χ2n) is 8.02. The molecular weight excluding hydrogens is 373 g/mol. The highest BCUT2D eigenvalue weighted by molar-refractivity contribution is 7.68. The molecule has 3 nitrogen and oxygen atoms in total. The van der Waals surface area contributed by atoms with Crippen LogP contribution in [0.5, 0.6) is 0 Å². The summed E-state index contributed by atoms with van der Waals surface area (Å²) in [6.45, 7) is 21.1. The van der Waals surface area contributed by atoms with Crippen LogP contribution in [0.1, 0.15) is 85.6 Å². The molecule has 0 aliphatic carbocycles. The number of hydrogen-bond donors (Lipinski definition) is 0. The number of benzene rings is 1. The third kappa shape index (κ3) is 7.55. The van der Waals surface area contributed by atoms with Crippen molar-refractivity contribution in [3.8, 4) is 0 Å². The summed E-state index contributed by atoms with van der Waals surface area (Å²) >= 11 is 0. The monoisotopic (exact) mass is 421 g/mol. The minimum Gasteiger partial charge on any atom is -0.260 e. The zero-order chi connectivity index (χ0) is 21.5. The summed E-state index contributed by atoms with van der Waals surface area (Å²) in [6, 6.07) is 11.1. The number of rotatable bonds is 16. The van der Waals surface area contributed by atoms with Crippen LogP contribution in [-0.2, 0) is 0 Å². The largest absolute Gasteiger partial charge is 0.260 e. The lowest BCUT2D eigenvalue weighted by atomic mass is 10.2. The fourth-order valence-electron chi connectivity index (χ4n) is 4.29. The fourth-order valence-corrected chi connectivity index (χ4v) is 9.39. The Bertz CT molecular complexity index is 507. The summed E-state index contributed by atoms with van der Waals surface area (Å²) in [6.07, 6.45) is 7.27. The van der Waals surface area contributed by atoms with Crippen LogP contribution in [0.2, 0.25) is 0 Å². The van der Waals surface area contributed by atoms with E-state index >= 15 is 0 Å². The van der Waals surface area contributed by atoms with Crippen LogP contribution < -0.4 is 0 Å². The van der Waals surface area contributed by atoms with E-state index in [4.69, 9.17) is 0 Å². The van der Waals surface area contributed by atoms with Crippen molar-refractivity contribution in [3.05, 3.63) is 35.9 Å². The molecule has 1 rings (SSSR count). The van der Waals surface area contributed by atoms with Gasteiger partial charge in [0, 0.05) is 39.3 Å². The first kappa shape index (κ1) is 26.4. The first-order chi connectivity index (χ1) is 14.1. The summed E-state index contributed by atoms with van der Waals surface area (Å²) in [5, 5.41) is 0. The van der Waals surface area contributed by atoms with E-state index in [1.165, 1.54) is 83.4 Å². The molecule has 0 heterocycles. The van der Waals surface area contributed by atoms with Gasteiger partial charge >= 0.3 is 0 Å². The molecule has 0 radical (unpaired) electrons. The van der Waals surface area contributed by atoms with Gasteiger partial charge in [0.15, 0.2) is 0 Å². The van der Waals surface area contributed by atoms with E-state index in [1.54, 1.807) is 0 Å². The van der Waals surface area contributed by atoms with Crippen molar-refractivity contribution in [2.75, 3.05) is 39.3 Å². The van der Waals surface area contributed by atoms with Gasteiger partial charge in [0.2, 0.25) is 0 Å². The Hall–Kier alpha value is -0.600. The van der Waals surface area contributed by atoms with E-state index < -0.39 is 7.34 Å². The van der Waals surface area contributed by atoms with Crippen molar-refractivity contribution in [2.45, 2.75) is 80.1 Å². The van der Waals surface area contributed by atoms with Crippen molar-refractivity contribution in [3.63, 3.8) is 0 Å². The van der Waals surface area contributed by atoms with Gasteiger partial charge in [-0.15, -0.1) is 0 Å². The van der Waals surface area contributed by atoms with Crippen LogP contribution in [0.25, 0.3) is 0 Å². The van der Waals surface area contributed by atoms with E-state index in [0.717, 1.165) is 0 Å². The van der Waals surface area contributed by atoms with Crippen LogP contribution in [0, 0.1) is 0 Å². The molecule has 0 aromatic heterocycles. The fraction of sp³-hybridized carbons (Fsp3) is 0.720. The predicted octanol–water partition coefficient (Wildman–Crippen LogP) is 6.97. The Morgan fingerprint density at radius 2 is 0.862 bits per heavy atom. The van der Waals surface area contributed by atoms with Crippen molar-refractivity contribution in [1.82, 2.24) is 14.0 Å². The van der Waals surface area contributed by atoms with Crippen LogP contribution >= 0.6 is 7.34 Å². The maximum absolute atomic E-state index is 2.89. The topological polar surface area (TPSA) is 9.72 Å². The maximum atomic E-state index is 2.89. The molecule has 0 fully saturated rings. The van der Waals surface area contributed by atoms with Gasteiger partial charge in [-0.25, -0.2) is 0 Å². The lowest BCUT2D eigenvalue weighted by molar-refractivity contribution is 0.309. The quantitative estimate of drug-likeness (QED) is 0.267. The normalized spacial score (nSPS) is 12.3. The predicted molar refractivity (Wildman–Crippen MR) is 135 cm³/mol. The first-order valence-corrected chi connectivity index (χ1v) is 13.9. The molecule has 0 unspecified atom stereocenters. The molecule has 1 aromatic carbocycles. The summed E-state index contributed by atoms with van der Waals surface area (Å²) < 4.78 is 8.66. The summed E-state index contributed by atoms with van der Waals surface area (Å²) in [5.74, 6) is 2.69. The van der Waals surface area contributed by atoms with Crippen LogP contribution in [0.4, 0.5) is 0 Å². The Morgan fingerprint density at radius 3 is 1.14 bits per heavy atom. The van der Waals surface area contributed by atoms with E-state index in [1.807, 2.05) is 0 Å².